The molecule has 0 spiro atoms. The Morgan fingerprint density at radius 1 is 1.16 bits per heavy atom. The molecule has 2 aliphatic rings. The summed E-state index contributed by atoms with van der Waals surface area (Å²) >= 11 is 3.41. The topological polar surface area (TPSA) is 82.1 Å². The van der Waals surface area contributed by atoms with Crippen LogP contribution in [0.5, 0.6) is 0 Å². The molecular weight excluding hydrogens is 643 g/mol. The van der Waals surface area contributed by atoms with Gasteiger partial charge in [0, 0.05) is 22.9 Å². The normalized spacial score (nSPS) is 24.8. The van der Waals surface area contributed by atoms with Crippen LogP contribution in [0.3, 0.4) is 0 Å². The Morgan fingerprint density at radius 2 is 1.81 bits per heavy atom. The number of halogens is 3. The smallest absolute Gasteiger partial charge is 0.410 e. The number of carbonyl (C=O) groups excluding carboxylic acids is 2. The minimum Gasteiger partial charge on any atom is -0.444 e. The number of carbonyl (C=O) groups is 2. The van der Waals surface area contributed by atoms with Crippen LogP contribution in [0.25, 0.3) is 0 Å². The second-order valence-corrected chi connectivity index (χ2v) is 15.9. The number of ether oxygens (including phenoxy) is 2. The summed E-state index contributed by atoms with van der Waals surface area (Å²) in [7, 11) is -3.84. The first kappa shape index (κ1) is 33.5. The molecule has 1 amide bonds. The Bertz CT molecular complexity index is 1380. The standard InChI is InChI=1S/C32H39BrF2NO6P/c1-6-22-16-32(22,43(39,41-7-2)20-25-26(34)9-8-10-27(25)35)17-29(37)28-15-24(18-36(28)30(38)42-31(3,4)5)40-19-21-11-13-23(33)14-12-21/h6,8-14,22,24,28H,1,7,15-20H2,2-5H3/t22-,24+,28+,32-,43?/m1/s1. The van der Waals surface area contributed by atoms with Gasteiger partial charge in [0.25, 0.3) is 0 Å². The fraction of sp³-hybridized carbons (Fsp3) is 0.500. The van der Waals surface area contributed by atoms with Crippen LogP contribution in [-0.4, -0.2) is 52.8 Å². The van der Waals surface area contributed by atoms with E-state index in [2.05, 4.69) is 22.5 Å². The zero-order valence-corrected chi connectivity index (χ0v) is 27.5. The summed E-state index contributed by atoms with van der Waals surface area (Å²) < 4.78 is 62.4. The fourth-order valence-electron chi connectivity index (χ4n) is 5.73. The van der Waals surface area contributed by atoms with Crippen molar-refractivity contribution in [2.24, 2.45) is 5.92 Å². The van der Waals surface area contributed by atoms with Crippen molar-refractivity contribution < 1.29 is 36.9 Å². The number of hydrogen-bond acceptors (Lipinski definition) is 6. The molecule has 2 aromatic rings. The van der Waals surface area contributed by atoms with E-state index in [1.54, 1.807) is 33.8 Å². The van der Waals surface area contributed by atoms with E-state index in [4.69, 9.17) is 14.0 Å². The van der Waals surface area contributed by atoms with E-state index in [1.807, 2.05) is 24.3 Å². The molecule has 2 aromatic carbocycles. The number of likely N-dealkylation sites (tertiary alicyclic amines) is 1. The largest absolute Gasteiger partial charge is 0.444 e. The Morgan fingerprint density at radius 3 is 2.37 bits per heavy atom. The quantitative estimate of drug-likeness (QED) is 0.167. The van der Waals surface area contributed by atoms with Crippen LogP contribution >= 0.6 is 23.3 Å². The highest BCUT2D eigenvalue weighted by molar-refractivity contribution is 9.10. The minimum atomic E-state index is -3.84. The van der Waals surface area contributed by atoms with Crippen LogP contribution in [0, 0.1) is 17.6 Å². The third kappa shape index (κ3) is 7.64. The van der Waals surface area contributed by atoms with E-state index >= 15 is 0 Å². The van der Waals surface area contributed by atoms with Gasteiger partial charge >= 0.3 is 6.09 Å². The highest BCUT2D eigenvalue weighted by Gasteiger charge is 2.66. The van der Waals surface area contributed by atoms with Gasteiger partial charge in [0.1, 0.15) is 17.2 Å². The number of benzene rings is 2. The number of amides is 1. The SMILES string of the molecule is C=C[C@@H]1C[C@]1(CC(=O)[C@@H]1C[C@H](OCc2ccc(Br)cc2)CN1C(=O)OC(C)(C)C)P(=O)(Cc1c(F)cccc1F)OCC. The Balaban J connectivity index is 1.59. The van der Waals surface area contributed by atoms with Crippen LogP contribution in [0.1, 0.15) is 58.1 Å². The molecule has 43 heavy (non-hydrogen) atoms. The zero-order chi connectivity index (χ0) is 31.6. The van der Waals surface area contributed by atoms with Gasteiger partial charge in [0.05, 0.1) is 43.2 Å². The molecule has 5 atom stereocenters. The first-order valence-electron chi connectivity index (χ1n) is 14.4. The van der Waals surface area contributed by atoms with Crippen LogP contribution in [0.15, 0.2) is 59.6 Å². The molecule has 1 aliphatic heterocycles. The minimum absolute atomic E-state index is 0.0343. The van der Waals surface area contributed by atoms with Crippen LogP contribution in [0.4, 0.5) is 13.6 Å². The summed E-state index contributed by atoms with van der Waals surface area (Å²) in [4.78, 5) is 28.7. The Kier molecular flexibility index (Phi) is 10.4. The lowest BCUT2D eigenvalue weighted by Crippen LogP contribution is -2.44. The van der Waals surface area contributed by atoms with Gasteiger partial charge in [0.15, 0.2) is 5.78 Å². The van der Waals surface area contributed by atoms with E-state index in [0.717, 1.165) is 22.2 Å². The average molecular weight is 683 g/mol. The van der Waals surface area contributed by atoms with Gasteiger partial charge in [-0.25, -0.2) is 13.6 Å². The Hall–Kier alpha value is -2.39. The highest BCUT2D eigenvalue weighted by Crippen LogP contribution is 2.76. The van der Waals surface area contributed by atoms with E-state index in [9.17, 15) is 22.9 Å². The van der Waals surface area contributed by atoms with E-state index in [0.29, 0.717) is 6.42 Å². The maximum absolute atomic E-state index is 14.7. The van der Waals surface area contributed by atoms with Gasteiger partial charge in [-0.2, -0.15) is 0 Å². The molecule has 0 aromatic heterocycles. The van der Waals surface area contributed by atoms with Crippen LogP contribution < -0.4 is 0 Å². The second kappa shape index (κ2) is 13.3. The average Bonchev–Trinajstić information content (AvgIpc) is 3.48. The van der Waals surface area contributed by atoms with Gasteiger partial charge in [-0.05, 0) is 69.9 Å². The third-order valence-corrected chi connectivity index (χ3v) is 11.9. The van der Waals surface area contributed by atoms with Crippen molar-refractivity contribution >= 4 is 35.2 Å². The molecule has 0 N–H and O–H groups in total. The number of nitrogens with zero attached hydrogens (tertiary/aromatic N) is 1. The maximum Gasteiger partial charge on any atom is 0.410 e. The van der Waals surface area contributed by atoms with Gasteiger partial charge in [-0.1, -0.05) is 40.2 Å². The van der Waals surface area contributed by atoms with Gasteiger partial charge < -0.3 is 14.0 Å². The van der Waals surface area contributed by atoms with E-state index < -0.39 is 54.2 Å². The lowest BCUT2D eigenvalue weighted by molar-refractivity contribution is -0.123. The van der Waals surface area contributed by atoms with Crippen molar-refractivity contribution in [2.45, 2.75) is 82.6 Å². The predicted molar refractivity (Wildman–Crippen MR) is 164 cm³/mol. The molecule has 0 bridgehead atoms. The summed E-state index contributed by atoms with van der Waals surface area (Å²) in [5.41, 5.74) is -0.189. The van der Waals surface area contributed by atoms with Crippen LogP contribution in [0.2, 0.25) is 0 Å². The maximum atomic E-state index is 14.7. The first-order valence-corrected chi connectivity index (χ1v) is 17.0. The summed E-state index contributed by atoms with van der Waals surface area (Å²) in [6, 6.07) is 10.2. The molecule has 2 fully saturated rings. The monoisotopic (exact) mass is 681 g/mol. The van der Waals surface area contributed by atoms with E-state index in [-0.39, 0.29) is 49.9 Å². The molecule has 0 radical (unpaired) electrons. The number of Topliss-reactive ketones (excluding diaryl/α,β-unsaturated/α-hetero) is 1. The van der Waals surface area contributed by atoms with Crippen molar-refractivity contribution in [1.29, 1.82) is 0 Å². The zero-order valence-electron chi connectivity index (χ0n) is 25.0. The molecule has 1 heterocycles. The molecule has 1 aliphatic carbocycles. The number of rotatable bonds is 12. The summed E-state index contributed by atoms with van der Waals surface area (Å²) in [5, 5.41) is -1.19. The molecule has 4 rings (SSSR count). The predicted octanol–water partition coefficient (Wildman–Crippen LogP) is 8.04. The third-order valence-electron chi connectivity index (χ3n) is 7.97. The van der Waals surface area contributed by atoms with Crippen molar-refractivity contribution in [3.8, 4) is 0 Å². The molecule has 1 saturated heterocycles. The Labute approximate surface area is 260 Å². The molecule has 7 nitrogen and oxygen atoms in total. The summed E-state index contributed by atoms with van der Waals surface area (Å²) in [6.45, 7) is 11.2. The van der Waals surface area contributed by atoms with Crippen molar-refractivity contribution in [1.82, 2.24) is 4.90 Å². The lowest BCUT2D eigenvalue weighted by atomic mass is 10.0. The van der Waals surface area contributed by atoms with Crippen molar-refractivity contribution in [2.75, 3.05) is 13.2 Å². The summed E-state index contributed by atoms with van der Waals surface area (Å²) in [5.74, 6) is -2.34. The van der Waals surface area contributed by atoms with Crippen LogP contribution in [-0.2, 0) is 36.1 Å². The van der Waals surface area contributed by atoms with Crippen molar-refractivity contribution in [3.63, 3.8) is 0 Å². The lowest BCUT2D eigenvalue weighted by Gasteiger charge is -2.31. The van der Waals surface area contributed by atoms with Crippen molar-refractivity contribution in [3.05, 3.63) is 82.4 Å². The molecule has 1 unspecified atom stereocenters. The van der Waals surface area contributed by atoms with E-state index in [1.165, 1.54) is 11.0 Å². The number of ketones is 1. The number of hydrogen-bond donors (Lipinski definition) is 0. The van der Waals surface area contributed by atoms with Gasteiger partial charge in [-0.15, -0.1) is 6.58 Å². The molecule has 234 valence electrons. The van der Waals surface area contributed by atoms with Gasteiger partial charge in [0.2, 0.25) is 7.37 Å². The molecule has 1 saturated carbocycles. The fourth-order valence-corrected chi connectivity index (χ4v) is 9.28. The molecular formula is C32H39BrF2NO6P. The first-order chi connectivity index (χ1) is 20.2. The highest BCUT2D eigenvalue weighted by atomic mass is 79.9. The second-order valence-electron chi connectivity index (χ2n) is 12.2. The van der Waals surface area contributed by atoms with Gasteiger partial charge in [-0.3, -0.25) is 14.3 Å². The molecule has 11 heteroatoms. The summed E-state index contributed by atoms with van der Waals surface area (Å²) in [6.07, 6.45) is 0.370. The number of allylic oxidation sites excluding steroid dienone is 1.